The third kappa shape index (κ3) is 4.64. The molecule has 0 radical (unpaired) electrons. The highest BCUT2D eigenvalue weighted by Gasteiger charge is 2.26. The van der Waals surface area contributed by atoms with E-state index in [1.165, 1.54) is 10.5 Å². The number of rotatable bonds is 6. The molecular weight excluding hydrogens is 364 g/mol. The van der Waals surface area contributed by atoms with E-state index in [0.717, 1.165) is 36.3 Å². The molecule has 0 unspecified atom stereocenters. The van der Waals surface area contributed by atoms with Crippen molar-refractivity contribution < 1.29 is 13.2 Å². The summed E-state index contributed by atoms with van der Waals surface area (Å²) in [4.78, 5) is 4.40. The molecule has 1 aliphatic heterocycles. The van der Waals surface area contributed by atoms with Gasteiger partial charge in [0, 0.05) is 19.3 Å². The van der Waals surface area contributed by atoms with E-state index in [9.17, 15) is 8.42 Å². The minimum Gasteiger partial charge on any atom is -0.497 e. The highest BCUT2D eigenvalue weighted by molar-refractivity contribution is 7.89. The Morgan fingerprint density at radius 3 is 2.41 bits per heavy atom. The normalized spacial score (nSPS) is 16.1. The molecule has 27 heavy (non-hydrogen) atoms. The Bertz CT molecular complexity index is 888. The summed E-state index contributed by atoms with van der Waals surface area (Å²) in [6, 6.07) is 10.8. The molecule has 2 aromatic rings. The second-order valence-corrected chi connectivity index (χ2v) is 8.32. The van der Waals surface area contributed by atoms with Gasteiger partial charge in [0.1, 0.15) is 16.5 Å². The highest BCUT2D eigenvalue weighted by atomic mass is 32.2. The molecule has 0 spiro atoms. The van der Waals surface area contributed by atoms with Gasteiger partial charge in [-0.1, -0.05) is 6.42 Å². The topological polar surface area (TPSA) is 83.9 Å². The third-order valence-electron chi connectivity index (χ3n) is 4.54. The lowest BCUT2D eigenvalue weighted by Crippen LogP contribution is -2.35. The van der Waals surface area contributed by atoms with E-state index in [1.54, 1.807) is 19.2 Å². The standard InChI is InChI=1S/C19H24N4O3S/c1-15(16-6-8-17(26-2)9-7-16)21-22-19-11-10-18(14-20-19)27(24,25)23-12-4-3-5-13-23/h6-11,14H,3-5,12-13H2,1-2H3,(H,20,22)/b21-15+. The van der Waals surface area contributed by atoms with Gasteiger partial charge in [-0.3, -0.25) is 5.43 Å². The van der Waals surface area contributed by atoms with Gasteiger partial charge in [-0.2, -0.15) is 9.41 Å². The molecule has 0 atom stereocenters. The number of hydrazone groups is 1. The van der Waals surface area contributed by atoms with E-state index < -0.39 is 10.0 Å². The van der Waals surface area contributed by atoms with E-state index in [-0.39, 0.29) is 4.90 Å². The minimum absolute atomic E-state index is 0.214. The lowest BCUT2D eigenvalue weighted by molar-refractivity contribution is 0.346. The second kappa shape index (κ2) is 8.49. The summed E-state index contributed by atoms with van der Waals surface area (Å²) >= 11 is 0. The van der Waals surface area contributed by atoms with Crippen LogP contribution in [0.25, 0.3) is 0 Å². The van der Waals surface area contributed by atoms with E-state index in [0.29, 0.717) is 18.9 Å². The van der Waals surface area contributed by atoms with Crippen molar-refractivity contribution in [2.45, 2.75) is 31.1 Å². The van der Waals surface area contributed by atoms with Gasteiger partial charge in [0.25, 0.3) is 0 Å². The van der Waals surface area contributed by atoms with Crippen molar-refractivity contribution in [3.05, 3.63) is 48.2 Å². The van der Waals surface area contributed by atoms with Crippen LogP contribution in [0.15, 0.2) is 52.6 Å². The largest absolute Gasteiger partial charge is 0.497 e. The van der Waals surface area contributed by atoms with Crippen molar-refractivity contribution in [1.29, 1.82) is 0 Å². The molecule has 1 aliphatic rings. The molecule has 1 aromatic carbocycles. The van der Waals surface area contributed by atoms with Crippen molar-refractivity contribution in [3.63, 3.8) is 0 Å². The van der Waals surface area contributed by atoms with E-state index in [1.807, 2.05) is 31.2 Å². The lowest BCUT2D eigenvalue weighted by Gasteiger charge is -2.25. The molecule has 0 saturated carbocycles. The molecule has 0 bridgehead atoms. The summed E-state index contributed by atoms with van der Waals surface area (Å²) in [6.45, 7) is 3.03. The molecule has 7 nitrogen and oxygen atoms in total. The number of hydrogen-bond donors (Lipinski definition) is 1. The number of aromatic nitrogens is 1. The minimum atomic E-state index is -3.46. The van der Waals surface area contributed by atoms with Gasteiger partial charge in [0.05, 0.1) is 12.8 Å². The zero-order valence-corrected chi connectivity index (χ0v) is 16.4. The van der Waals surface area contributed by atoms with Crippen LogP contribution in [0.1, 0.15) is 31.7 Å². The number of piperidine rings is 1. The summed E-state index contributed by atoms with van der Waals surface area (Å²) in [5.74, 6) is 1.27. The van der Waals surface area contributed by atoms with Crippen LogP contribution >= 0.6 is 0 Å². The molecule has 1 saturated heterocycles. The Labute approximate surface area is 160 Å². The maximum Gasteiger partial charge on any atom is 0.244 e. The Morgan fingerprint density at radius 1 is 1.11 bits per heavy atom. The summed E-state index contributed by atoms with van der Waals surface area (Å²) in [5, 5.41) is 4.31. The maximum atomic E-state index is 12.6. The van der Waals surface area contributed by atoms with Gasteiger partial charge in [-0.25, -0.2) is 13.4 Å². The van der Waals surface area contributed by atoms with E-state index in [2.05, 4.69) is 15.5 Å². The van der Waals surface area contributed by atoms with E-state index >= 15 is 0 Å². The molecule has 0 amide bonds. The first-order valence-electron chi connectivity index (χ1n) is 8.91. The van der Waals surface area contributed by atoms with Crippen molar-refractivity contribution in [2.24, 2.45) is 5.10 Å². The molecular formula is C19H24N4O3S. The zero-order valence-electron chi connectivity index (χ0n) is 15.6. The number of sulfonamides is 1. The number of anilines is 1. The van der Waals surface area contributed by atoms with Gasteiger partial charge in [-0.15, -0.1) is 0 Å². The van der Waals surface area contributed by atoms with E-state index in [4.69, 9.17) is 4.74 Å². The maximum absolute atomic E-state index is 12.6. The summed E-state index contributed by atoms with van der Waals surface area (Å²) in [6.07, 6.45) is 4.28. The van der Waals surface area contributed by atoms with Crippen LogP contribution in [0.3, 0.4) is 0 Å². The average Bonchev–Trinajstić information content (AvgIpc) is 2.73. The van der Waals surface area contributed by atoms with Gasteiger partial charge in [0.2, 0.25) is 10.0 Å². The Kier molecular flexibility index (Phi) is 6.08. The first kappa shape index (κ1) is 19.3. The summed E-state index contributed by atoms with van der Waals surface area (Å²) in [7, 11) is -1.84. The number of nitrogens with zero attached hydrogens (tertiary/aromatic N) is 3. The third-order valence-corrected chi connectivity index (χ3v) is 6.42. The van der Waals surface area contributed by atoms with Crippen LogP contribution < -0.4 is 10.2 Å². The number of hydrogen-bond acceptors (Lipinski definition) is 6. The number of benzene rings is 1. The Hall–Kier alpha value is -2.45. The first-order valence-corrected chi connectivity index (χ1v) is 10.4. The predicted octanol–water partition coefficient (Wildman–Crippen LogP) is 3.10. The highest BCUT2D eigenvalue weighted by Crippen LogP contribution is 2.20. The number of pyridine rings is 1. The Balaban J connectivity index is 1.68. The van der Waals surface area contributed by atoms with Crippen LogP contribution in [0, 0.1) is 0 Å². The average molecular weight is 388 g/mol. The van der Waals surface area contributed by atoms with Crippen LogP contribution in [0.4, 0.5) is 5.82 Å². The van der Waals surface area contributed by atoms with Crippen molar-refractivity contribution in [1.82, 2.24) is 9.29 Å². The number of nitrogens with one attached hydrogen (secondary N) is 1. The molecule has 1 N–H and O–H groups in total. The van der Waals surface area contributed by atoms with Crippen LogP contribution in [-0.2, 0) is 10.0 Å². The molecule has 2 heterocycles. The molecule has 1 fully saturated rings. The fourth-order valence-electron chi connectivity index (χ4n) is 2.89. The second-order valence-electron chi connectivity index (χ2n) is 6.38. The zero-order chi connectivity index (χ0) is 19.3. The fraction of sp³-hybridized carbons (Fsp3) is 0.368. The number of ether oxygens (including phenoxy) is 1. The van der Waals surface area contributed by atoms with Gasteiger partial charge < -0.3 is 4.74 Å². The fourth-order valence-corrected chi connectivity index (χ4v) is 4.35. The van der Waals surface area contributed by atoms with Gasteiger partial charge >= 0.3 is 0 Å². The number of methoxy groups -OCH3 is 1. The van der Waals surface area contributed by atoms with Crippen molar-refractivity contribution >= 4 is 21.6 Å². The lowest BCUT2D eigenvalue weighted by atomic mass is 10.1. The van der Waals surface area contributed by atoms with Crippen LogP contribution in [-0.4, -0.2) is 43.6 Å². The van der Waals surface area contributed by atoms with Crippen LogP contribution in [0.5, 0.6) is 5.75 Å². The monoisotopic (exact) mass is 388 g/mol. The predicted molar refractivity (Wildman–Crippen MR) is 106 cm³/mol. The molecule has 8 heteroatoms. The van der Waals surface area contributed by atoms with Crippen molar-refractivity contribution in [2.75, 3.05) is 25.6 Å². The summed E-state index contributed by atoms with van der Waals surface area (Å²) in [5.41, 5.74) is 4.60. The Morgan fingerprint density at radius 2 is 1.81 bits per heavy atom. The quantitative estimate of drug-likeness (QED) is 0.607. The molecule has 3 rings (SSSR count). The molecule has 0 aliphatic carbocycles. The smallest absolute Gasteiger partial charge is 0.244 e. The van der Waals surface area contributed by atoms with Gasteiger partial charge in [-0.05, 0) is 61.7 Å². The van der Waals surface area contributed by atoms with Gasteiger partial charge in [0.15, 0.2) is 0 Å². The van der Waals surface area contributed by atoms with Crippen LogP contribution in [0.2, 0.25) is 0 Å². The summed E-state index contributed by atoms with van der Waals surface area (Å²) < 4.78 is 31.9. The molecule has 144 valence electrons. The molecule has 1 aromatic heterocycles. The SMILES string of the molecule is COc1ccc(/C(C)=N/Nc2ccc(S(=O)(=O)N3CCCCC3)cn2)cc1. The first-order chi connectivity index (χ1) is 13.0. The van der Waals surface area contributed by atoms with Crippen molar-refractivity contribution in [3.8, 4) is 5.75 Å².